The van der Waals surface area contributed by atoms with Gasteiger partial charge in [-0.25, -0.2) is 0 Å². The third-order valence-corrected chi connectivity index (χ3v) is 4.34. The maximum atomic E-state index is 12.8. The maximum Gasteiger partial charge on any atom is 0.254 e. The van der Waals surface area contributed by atoms with Crippen LogP contribution in [-0.4, -0.2) is 34.4 Å². The highest BCUT2D eigenvalue weighted by Crippen LogP contribution is 2.25. The fourth-order valence-electron chi connectivity index (χ4n) is 3.21. The average molecular weight is 271 g/mol. The molecule has 1 amide bonds. The SMILES string of the molecule is CC1CCCC(CN)N1C(=O)c1ccc2cc[nH]c2c1. The van der Waals surface area contributed by atoms with Crippen LogP contribution in [0, 0.1) is 0 Å². The zero-order chi connectivity index (χ0) is 14.1. The van der Waals surface area contributed by atoms with Crippen LogP contribution in [0.5, 0.6) is 0 Å². The Morgan fingerprint density at radius 3 is 3.05 bits per heavy atom. The van der Waals surface area contributed by atoms with Gasteiger partial charge in [0.2, 0.25) is 0 Å². The van der Waals surface area contributed by atoms with Gasteiger partial charge in [0.1, 0.15) is 0 Å². The van der Waals surface area contributed by atoms with Gasteiger partial charge in [0.05, 0.1) is 0 Å². The number of piperidine rings is 1. The van der Waals surface area contributed by atoms with Gasteiger partial charge in [0.25, 0.3) is 5.91 Å². The lowest BCUT2D eigenvalue weighted by Gasteiger charge is -2.40. The van der Waals surface area contributed by atoms with E-state index in [0.717, 1.165) is 35.7 Å². The number of nitrogens with zero attached hydrogens (tertiary/aromatic N) is 1. The summed E-state index contributed by atoms with van der Waals surface area (Å²) in [6.07, 6.45) is 5.12. The first-order valence-electron chi connectivity index (χ1n) is 7.30. The molecule has 0 saturated carbocycles. The largest absolute Gasteiger partial charge is 0.361 e. The minimum atomic E-state index is 0.101. The third-order valence-electron chi connectivity index (χ3n) is 4.34. The summed E-state index contributed by atoms with van der Waals surface area (Å²) in [5.74, 6) is 0.101. The third kappa shape index (κ3) is 2.20. The van der Waals surface area contributed by atoms with E-state index in [9.17, 15) is 4.79 Å². The molecule has 1 saturated heterocycles. The molecule has 2 unspecified atom stereocenters. The van der Waals surface area contributed by atoms with Crippen molar-refractivity contribution in [1.82, 2.24) is 9.88 Å². The van der Waals surface area contributed by atoms with Gasteiger partial charge in [-0.05, 0) is 49.8 Å². The number of fused-ring (bicyclic) bond motifs is 1. The molecule has 0 aliphatic carbocycles. The molecule has 1 aromatic heterocycles. The van der Waals surface area contributed by atoms with Crippen LogP contribution in [0.3, 0.4) is 0 Å². The van der Waals surface area contributed by atoms with Crippen molar-refractivity contribution < 1.29 is 4.79 Å². The molecule has 2 heterocycles. The lowest BCUT2D eigenvalue weighted by Crippen LogP contribution is -2.51. The zero-order valence-electron chi connectivity index (χ0n) is 11.8. The van der Waals surface area contributed by atoms with Crippen LogP contribution < -0.4 is 5.73 Å². The number of amides is 1. The fourth-order valence-corrected chi connectivity index (χ4v) is 3.21. The molecule has 1 aliphatic rings. The normalized spacial score (nSPS) is 23.2. The number of aromatic amines is 1. The van der Waals surface area contributed by atoms with Gasteiger partial charge in [-0.3, -0.25) is 4.79 Å². The van der Waals surface area contributed by atoms with Gasteiger partial charge in [0.15, 0.2) is 0 Å². The van der Waals surface area contributed by atoms with Crippen LogP contribution in [0.25, 0.3) is 10.9 Å². The summed E-state index contributed by atoms with van der Waals surface area (Å²) in [6, 6.07) is 8.29. The van der Waals surface area contributed by atoms with Crippen LogP contribution in [0.4, 0.5) is 0 Å². The van der Waals surface area contributed by atoms with E-state index in [1.165, 1.54) is 0 Å². The Labute approximate surface area is 118 Å². The summed E-state index contributed by atoms with van der Waals surface area (Å²) >= 11 is 0. The minimum Gasteiger partial charge on any atom is -0.361 e. The molecule has 1 aromatic carbocycles. The van der Waals surface area contributed by atoms with E-state index in [4.69, 9.17) is 5.73 Å². The monoisotopic (exact) mass is 271 g/mol. The Bertz CT molecular complexity index is 619. The van der Waals surface area contributed by atoms with Gasteiger partial charge < -0.3 is 15.6 Å². The predicted octanol–water partition coefficient (Wildman–Crippen LogP) is 2.51. The van der Waals surface area contributed by atoms with Crippen LogP contribution in [-0.2, 0) is 0 Å². The fraction of sp³-hybridized carbons (Fsp3) is 0.438. The topological polar surface area (TPSA) is 62.1 Å². The van der Waals surface area contributed by atoms with Crippen molar-refractivity contribution in [3.63, 3.8) is 0 Å². The molecule has 0 radical (unpaired) electrons. The van der Waals surface area contributed by atoms with Crippen LogP contribution in [0.1, 0.15) is 36.5 Å². The van der Waals surface area contributed by atoms with Crippen molar-refractivity contribution in [3.05, 3.63) is 36.0 Å². The number of benzene rings is 1. The zero-order valence-corrected chi connectivity index (χ0v) is 11.8. The second-order valence-electron chi connectivity index (χ2n) is 5.66. The van der Waals surface area contributed by atoms with E-state index in [2.05, 4.69) is 11.9 Å². The van der Waals surface area contributed by atoms with Crippen molar-refractivity contribution in [2.24, 2.45) is 5.73 Å². The highest BCUT2D eigenvalue weighted by atomic mass is 16.2. The number of nitrogens with two attached hydrogens (primary N) is 1. The number of aromatic nitrogens is 1. The number of carbonyl (C=O) groups excluding carboxylic acids is 1. The molecule has 0 bridgehead atoms. The predicted molar refractivity (Wildman–Crippen MR) is 80.6 cm³/mol. The highest BCUT2D eigenvalue weighted by Gasteiger charge is 2.31. The summed E-state index contributed by atoms with van der Waals surface area (Å²) < 4.78 is 0. The van der Waals surface area contributed by atoms with Gasteiger partial charge in [-0.2, -0.15) is 0 Å². The number of hydrogen-bond donors (Lipinski definition) is 2. The van der Waals surface area contributed by atoms with Gasteiger partial charge in [0, 0.05) is 35.9 Å². The van der Waals surface area contributed by atoms with E-state index in [1.54, 1.807) is 0 Å². The molecule has 106 valence electrons. The smallest absolute Gasteiger partial charge is 0.254 e. The van der Waals surface area contributed by atoms with Crippen molar-refractivity contribution in [3.8, 4) is 0 Å². The minimum absolute atomic E-state index is 0.101. The van der Waals surface area contributed by atoms with E-state index in [0.29, 0.717) is 6.54 Å². The molecule has 3 N–H and O–H groups in total. The number of H-pyrrole nitrogens is 1. The Kier molecular flexibility index (Phi) is 3.49. The quantitative estimate of drug-likeness (QED) is 0.881. The molecule has 2 atom stereocenters. The molecule has 3 rings (SSSR count). The Hall–Kier alpha value is -1.81. The highest BCUT2D eigenvalue weighted by molar-refractivity contribution is 5.98. The van der Waals surface area contributed by atoms with Crippen molar-refractivity contribution in [2.75, 3.05) is 6.54 Å². The van der Waals surface area contributed by atoms with Gasteiger partial charge >= 0.3 is 0 Å². The number of carbonyl (C=O) groups is 1. The van der Waals surface area contributed by atoms with Crippen molar-refractivity contribution in [2.45, 2.75) is 38.3 Å². The number of nitrogens with one attached hydrogen (secondary N) is 1. The lowest BCUT2D eigenvalue weighted by molar-refractivity contribution is 0.0494. The van der Waals surface area contributed by atoms with Crippen LogP contribution in [0.2, 0.25) is 0 Å². The van der Waals surface area contributed by atoms with Gasteiger partial charge in [-0.15, -0.1) is 0 Å². The van der Waals surface area contributed by atoms with E-state index < -0.39 is 0 Å². The first-order valence-corrected chi connectivity index (χ1v) is 7.30. The van der Waals surface area contributed by atoms with Gasteiger partial charge in [-0.1, -0.05) is 6.07 Å². The number of rotatable bonds is 2. The summed E-state index contributed by atoms with van der Waals surface area (Å²) in [4.78, 5) is 17.9. The molecular weight excluding hydrogens is 250 g/mol. The molecule has 2 aromatic rings. The second-order valence-corrected chi connectivity index (χ2v) is 5.66. The number of likely N-dealkylation sites (tertiary alicyclic amines) is 1. The van der Waals surface area contributed by atoms with Crippen LogP contribution in [0.15, 0.2) is 30.5 Å². The molecule has 20 heavy (non-hydrogen) atoms. The van der Waals surface area contributed by atoms with Crippen molar-refractivity contribution in [1.29, 1.82) is 0 Å². The standard InChI is InChI=1S/C16H21N3O/c1-11-3-2-4-14(10-17)19(11)16(20)13-6-5-12-7-8-18-15(12)9-13/h5-9,11,14,18H,2-4,10,17H2,1H3. The Morgan fingerprint density at radius 2 is 2.25 bits per heavy atom. The Morgan fingerprint density at radius 1 is 1.40 bits per heavy atom. The summed E-state index contributed by atoms with van der Waals surface area (Å²) in [6.45, 7) is 2.66. The Balaban J connectivity index is 1.93. The molecular formula is C16H21N3O. The second kappa shape index (κ2) is 5.29. The van der Waals surface area contributed by atoms with Crippen molar-refractivity contribution >= 4 is 16.8 Å². The maximum absolute atomic E-state index is 12.8. The summed E-state index contributed by atoms with van der Waals surface area (Å²) in [5, 5.41) is 1.13. The summed E-state index contributed by atoms with van der Waals surface area (Å²) in [7, 11) is 0. The van der Waals surface area contributed by atoms with E-state index in [-0.39, 0.29) is 18.0 Å². The first-order chi connectivity index (χ1) is 9.70. The average Bonchev–Trinajstić information content (AvgIpc) is 2.93. The molecule has 1 aliphatic heterocycles. The molecule has 4 nitrogen and oxygen atoms in total. The lowest BCUT2D eigenvalue weighted by atomic mass is 9.95. The molecule has 0 spiro atoms. The molecule has 1 fully saturated rings. The van der Waals surface area contributed by atoms with E-state index in [1.807, 2.05) is 35.4 Å². The van der Waals surface area contributed by atoms with Crippen LogP contribution >= 0.6 is 0 Å². The number of hydrogen-bond acceptors (Lipinski definition) is 2. The first kappa shape index (κ1) is 13.2. The van der Waals surface area contributed by atoms with E-state index >= 15 is 0 Å². The molecule has 4 heteroatoms. The summed E-state index contributed by atoms with van der Waals surface area (Å²) in [5.41, 5.74) is 7.59.